The van der Waals surface area contributed by atoms with E-state index in [1.807, 2.05) is 42.5 Å². The first-order valence-corrected chi connectivity index (χ1v) is 6.55. The van der Waals surface area contributed by atoms with Crippen LogP contribution in [-0.4, -0.2) is 0 Å². The smallest absolute Gasteiger partial charge is 0.0995 e. The van der Waals surface area contributed by atoms with Gasteiger partial charge in [-0.3, -0.25) is 0 Å². The van der Waals surface area contributed by atoms with E-state index >= 15 is 0 Å². The molecule has 2 aromatic carbocycles. The lowest BCUT2D eigenvalue weighted by molar-refractivity contribution is 1.14. The highest BCUT2D eigenvalue weighted by atomic mass is 79.9. The van der Waals surface area contributed by atoms with E-state index in [4.69, 9.17) is 16.9 Å². The second kappa shape index (κ2) is 5.90. The van der Waals surface area contributed by atoms with Gasteiger partial charge in [0.05, 0.1) is 16.7 Å². The number of anilines is 1. The van der Waals surface area contributed by atoms with Crippen molar-refractivity contribution in [2.45, 2.75) is 6.54 Å². The van der Waals surface area contributed by atoms with Crippen molar-refractivity contribution in [2.24, 2.45) is 0 Å². The lowest BCUT2D eigenvalue weighted by Crippen LogP contribution is -2.01. The number of rotatable bonds is 3. The van der Waals surface area contributed by atoms with Gasteiger partial charge in [0.25, 0.3) is 0 Å². The Labute approximate surface area is 119 Å². The Kier molecular flexibility index (Phi) is 4.24. The van der Waals surface area contributed by atoms with E-state index in [-0.39, 0.29) is 0 Å². The fraction of sp³-hybridized carbons (Fsp3) is 0.0714. The van der Waals surface area contributed by atoms with Crippen LogP contribution in [0.2, 0.25) is 5.02 Å². The molecule has 18 heavy (non-hydrogen) atoms. The highest BCUT2D eigenvalue weighted by molar-refractivity contribution is 9.10. The molecule has 0 aliphatic heterocycles. The Hall–Kier alpha value is -1.50. The van der Waals surface area contributed by atoms with Gasteiger partial charge in [-0.15, -0.1) is 0 Å². The minimum atomic E-state index is 0.599. The lowest BCUT2D eigenvalue weighted by Gasteiger charge is -2.08. The van der Waals surface area contributed by atoms with Crippen molar-refractivity contribution in [2.75, 3.05) is 5.32 Å². The molecule has 0 heterocycles. The molecule has 2 nitrogen and oxygen atoms in total. The first kappa shape index (κ1) is 12.9. The van der Waals surface area contributed by atoms with Gasteiger partial charge in [0.2, 0.25) is 0 Å². The summed E-state index contributed by atoms with van der Waals surface area (Å²) >= 11 is 9.36. The van der Waals surface area contributed by atoms with E-state index < -0.39 is 0 Å². The third kappa shape index (κ3) is 3.04. The molecule has 0 bridgehead atoms. The Morgan fingerprint density at radius 3 is 2.72 bits per heavy atom. The van der Waals surface area contributed by atoms with Crippen LogP contribution in [0.3, 0.4) is 0 Å². The quantitative estimate of drug-likeness (QED) is 0.897. The molecular formula is C14H10BrClN2. The summed E-state index contributed by atoms with van der Waals surface area (Å²) in [4.78, 5) is 0. The minimum Gasteiger partial charge on any atom is -0.381 e. The van der Waals surface area contributed by atoms with Crippen LogP contribution in [0.1, 0.15) is 11.1 Å². The highest BCUT2D eigenvalue weighted by Gasteiger charge is 2.02. The maximum Gasteiger partial charge on any atom is 0.0995 e. The number of nitriles is 1. The predicted molar refractivity (Wildman–Crippen MR) is 77.6 cm³/mol. The van der Waals surface area contributed by atoms with Crippen LogP contribution in [0, 0.1) is 11.3 Å². The highest BCUT2D eigenvalue weighted by Crippen LogP contribution is 2.25. The van der Waals surface area contributed by atoms with Crippen LogP contribution < -0.4 is 5.32 Å². The molecule has 0 atom stereocenters. The molecule has 0 saturated heterocycles. The number of benzene rings is 2. The van der Waals surface area contributed by atoms with E-state index in [0.29, 0.717) is 17.1 Å². The lowest BCUT2D eigenvalue weighted by atomic mass is 10.1. The summed E-state index contributed by atoms with van der Waals surface area (Å²) < 4.78 is 0.868. The SMILES string of the molecule is N#Cc1ccccc1CNc1ccc(Br)c(Cl)c1. The Morgan fingerprint density at radius 1 is 1.22 bits per heavy atom. The maximum atomic E-state index is 8.99. The Morgan fingerprint density at radius 2 is 2.00 bits per heavy atom. The van der Waals surface area contributed by atoms with Crippen molar-refractivity contribution >= 4 is 33.2 Å². The number of hydrogen-bond donors (Lipinski definition) is 1. The largest absolute Gasteiger partial charge is 0.381 e. The van der Waals surface area contributed by atoms with Gasteiger partial charge in [-0.25, -0.2) is 0 Å². The Balaban J connectivity index is 2.12. The number of nitrogens with one attached hydrogen (secondary N) is 1. The first-order chi connectivity index (χ1) is 8.70. The molecule has 4 heteroatoms. The normalized spacial score (nSPS) is 9.83. The second-order valence-corrected chi connectivity index (χ2v) is 5.01. The third-order valence-corrected chi connectivity index (χ3v) is 3.77. The van der Waals surface area contributed by atoms with Gasteiger partial charge in [0.15, 0.2) is 0 Å². The van der Waals surface area contributed by atoms with Gasteiger partial charge < -0.3 is 5.32 Å². The van der Waals surface area contributed by atoms with E-state index in [1.54, 1.807) is 0 Å². The predicted octanol–water partition coefficient (Wildman–Crippen LogP) is 4.59. The van der Waals surface area contributed by atoms with E-state index in [2.05, 4.69) is 27.3 Å². The fourth-order valence-corrected chi connectivity index (χ4v) is 2.01. The number of halogens is 2. The summed E-state index contributed by atoms with van der Waals surface area (Å²) in [5, 5.41) is 12.9. The van der Waals surface area contributed by atoms with Crippen LogP contribution in [0.4, 0.5) is 5.69 Å². The topological polar surface area (TPSA) is 35.8 Å². The summed E-state index contributed by atoms with van der Waals surface area (Å²) in [6.45, 7) is 0.599. The summed E-state index contributed by atoms with van der Waals surface area (Å²) in [5.41, 5.74) is 2.59. The standard InChI is InChI=1S/C14H10BrClN2/c15-13-6-5-12(7-14(13)16)18-9-11-4-2-1-3-10(11)8-17/h1-7,18H,9H2. The average Bonchev–Trinajstić information content (AvgIpc) is 2.40. The summed E-state index contributed by atoms with van der Waals surface area (Å²) in [7, 11) is 0. The monoisotopic (exact) mass is 320 g/mol. The van der Waals surface area contributed by atoms with Crippen LogP contribution in [0.25, 0.3) is 0 Å². The zero-order valence-electron chi connectivity index (χ0n) is 9.45. The zero-order chi connectivity index (χ0) is 13.0. The molecule has 0 aromatic heterocycles. The van der Waals surface area contributed by atoms with Crippen LogP contribution in [0.15, 0.2) is 46.9 Å². The third-order valence-electron chi connectivity index (χ3n) is 2.54. The average molecular weight is 322 g/mol. The van der Waals surface area contributed by atoms with Crippen LogP contribution >= 0.6 is 27.5 Å². The molecule has 0 radical (unpaired) electrons. The zero-order valence-corrected chi connectivity index (χ0v) is 11.8. The fourth-order valence-electron chi connectivity index (χ4n) is 1.59. The van der Waals surface area contributed by atoms with Crippen molar-refractivity contribution in [1.82, 2.24) is 0 Å². The van der Waals surface area contributed by atoms with Crippen molar-refractivity contribution in [3.8, 4) is 6.07 Å². The Bertz CT molecular complexity index is 605. The van der Waals surface area contributed by atoms with E-state index in [9.17, 15) is 0 Å². The molecule has 2 aromatic rings. The molecule has 0 aliphatic rings. The summed E-state index contributed by atoms with van der Waals surface area (Å²) in [6, 6.07) is 15.4. The molecule has 2 rings (SSSR count). The van der Waals surface area contributed by atoms with Gasteiger partial charge in [0.1, 0.15) is 0 Å². The molecular weight excluding hydrogens is 312 g/mol. The van der Waals surface area contributed by atoms with E-state index in [0.717, 1.165) is 15.7 Å². The van der Waals surface area contributed by atoms with Crippen molar-refractivity contribution < 1.29 is 0 Å². The molecule has 1 N–H and O–H groups in total. The van der Waals surface area contributed by atoms with Gasteiger partial charge in [-0.05, 0) is 45.8 Å². The molecule has 0 amide bonds. The van der Waals surface area contributed by atoms with Gasteiger partial charge in [-0.1, -0.05) is 29.8 Å². The first-order valence-electron chi connectivity index (χ1n) is 5.37. The minimum absolute atomic E-state index is 0.599. The van der Waals surface area contributed by atoms with E-state index in [1.165, 1.54) is 0 Å². The summed E-state index contributed by atoms with van der Waals surface area (Å²) in [6.07, 6.45) is 0. The second-order valence-electron chi connectivity index (χ2n) is 3.75. The van der Waals surface area contributed by atoms with Crippen molar-refractivity contribution in [1.29, 1.82) is 5.26 Å². The molecule has 0 fully saturated rings. The number of nitrogens with zero attached hydrogens (tertiary/aromatic N) is 1. The van der Waals surface area contributed by atoms with Crippen molar-refractivity contribution in [3.63, 3.8) is 0 Å². The van der Waals surface area contributed by atoms with Gasteiger partial charge >= 0.3 is 0 Å². The van der Waals surface area contributed by atoms with Crippen LogP contribution in [-0.2, 0) is 6.54 Å². The molecule has 0 aliphatic carbocycles. The van der Waals surface area contributed by atoms with Crippen LogP contribution in [0.5, 0.6) is 0 Å². The molecule has 0 spiro atoms. The van der Waals surface area contributed by atoms with Gasteiger partial charge in [0, 0.05) is 16.7 Å². The summed E-state index contributed by atoms with van der Waals surface area (Å²) in [5.74, 6) is 0. The molecule has 0 saturated carbocycles. The van der Waals surface area contributed by atoms with Crippen molar-refractivity contribution in [3.05, 3.63) is 63.1 Å². The number of hydrogen-bond acceptors (Lipinski definition) is 2. The maximum absolute atomic E-state index is 8.99. The van der Waals surface area contributed by atoms with Gasteiger partial charge in [-0.2, -0.15) is 5.26 Å². The molecule has 0 unspecified atom stereocenters. The molecule has 90 valence electrons.